The highest BCUT2D eigenvalue weighted by atomic mass is 16.6. The number of carbonyl (C=O) groups is 2. The van der Waals surface area contributed by atoms with Gasteiger partial charge in [0.05, 0.1) is 4.92 Å². The molecule has 7 heteroatoms. The summed E-state index contributed by atoms with van der Waals surface area (Å²) in [6.45, 7) is 8.87. The maximum Gasteiger partial charge on any atom is 0.326 e. The monoisotopic (exact) mass is 322 g/mol. The van der Waals surface area contributed by atoms with E-state index < -0.39 is 28.3 Å². The van der Waals surface area contributed by atoms with Gasteiger partial charge in [0.2, 0.25) is 0 Å². The number of nitrogens with one attached hydrogen (secondary N) is 1. The number of nitro groups is 1. The van der Waals surface area contributed by atoms with E-state index in [0.717, 1.165) is 0 Å². The van der Waals surface area contributed by atoms with Crippen LogP contribution in [0.3, 0.4) is 0 Å². The molecule has 1 rings (SSSR count). The van der Waals surface area contributed by atoms with Crippen LogP contribution < -0.4 is 5.32 Å². The van der Waals surface area contributed by atoms with Gasteiger partial charge >= 0.3 is 5.97 Å². The van der Waals surface area contributed by atoms with E-state index >= 15 is 0 Å². The Labute approximate surface area is 134 Å². The van der Waals surface area contributed by atoms with Crippen molar-refractivity contribution in [1.29, 1.82) is 0 Å². The normalized spacial score (nSPS) is 12.8. The van der Waals surface area contributed by atoms with E-state index in [4.69, 9.17) is 5.11 Å². The summed E-state index contributed by atoms with van der Waals surface area (Å²) < 4.78 is 0. The molecule has 1 atom stereocenters. The van der Waals surface area contributed by atoms with Crippen molar-refractivity contribution in [2.24, 2.45) is 5.92 Å². The molecule has 7 nitrogen and oxygen atoms in total. The molecule has 0 radical (unpaired) electrons. The van der Waals surface area contributed by atoms with Gasteiger partial charge < -0.3 is 10.4 Å². The van der Waals surface area contributed by atoms with Crippen LogP contribution in [0.2, 0.25) is 0 Å². The Kier molecular flexibility index (Phi) is 5.47. The molecule has 0 saturated carbocycles. The van der Waals surface area contributed by atoms with Crippen LogP contribution in [0.5, 0.6) is 0 Å². The van der Waals surface area contributed by atoms with Crippen LogP contribution in [0.15, 0.2) is 18.2 Å². The molecule has 0 bridgehead atoms. The summed E-state index contributed by atoms with van der Waals surface area (Å²) in [5.74, 6) is -2.09. The van der Waals surface area contributed by atoms with Gasteiger partial charge in [-0.15, -0.1) is 0 Å². The summed E-state index contributed by atoms with van der Waals surface area (Å²) in [6, 6.07) is 3.15. The minimum atomic E-state index is -1.14. The van der Waals surface area contributed by atoms with Gasteiger partial charge in [0.1, 0.15) is 6.04 Å². The lowest BCUT2D eigenvalue weighted by Gasteiger charge is -2.20. The third kappa shape index (κ3) is 4.51. The highest BCUT2D eigenvalue weighted by Crippen LogP contribution is 2.31. The number of aliphatic carboxylic acids is 1. The summed E-state index contributed by atoms with van der Waals surface area (Å²) in [5.41, 5.74) is -0.0188. The van der Waals surface area contributed by atoms with Crippen molar-refractivity contribution < 1.29 is 19.6 Å². The maximum absolute atomic E-state index is 12.2. The number of nitrogens with zero attached hydrogens (tertiary/aromatic N) is 1. The Balaban J connectivity index is 3.19. The zero-order valence-electron chi connectivity index (χ0n) is 13.9. The molecule has 0 unspecified atom stereocenters. The number of carboxylic acid groups (broad SMARTS) is 1. The van der Waals surface area contributed by atoms with Crippen LogP contribution >= 0.6 is 0 Å². The average molecular weight is 322 g/mol. The summed E-state index contributed by atoms with van der Waals surface area (Å²) in [7, 11) is 0. The number of hydrogen-bond donors (Lipinski definition) is 2. The first-order valence-electron chi connectivity index (χ1n) is 7.27. The predicted octanol–water partition coefficient (Wildman–Crippen LogP) is 2.73. The van der Waals surface area contributed by atoms with E-state index in [1.165, 1.54) is 18.2 Å². The van der Waals surface area contributed by atoms with Crippen LogP contribution in [-0.2, 0) is 10.2 Å². The summed E-state index contributed by atoms with van der Waals surface area (Å²) in [4.78, 5) is 34.1. The van der Waals surface area contributed by atoms with Crippen molar-refractivity contribution in [3.63, 3.8) is 0 Å². The van der Waals surface area contributed by atoms with Crippen molar-refractivity contribution in [1.82, 2.24) is 5.32 Å². The Hall–Kier alpha value is -2.44. The molecule has 1 amide bonds. The van der Waals surface area contributed by atoms with Gasteiger partial charge in [-0.1, -0.05) is 40.7 Å². The number of hydrogen-bond acceptors (Lipinski definition) is 4. The molecule has 2 N–H and O–H groups in total. The second-order valence-corrected chi connectivity index (χ2v) is 6.77. The largest absolute Gasteiger partial charge is 0.480 e. The summed E-state index contributed by atoms with van der Waals surface area (Å²) in [6.07, 6.45) is 0. The lowest BCUT2D eigenvalue weighted by molar-refractivity contribution is -0.386. The Morgan fingerprint density at radius 2 is 1.83 bits per heavy atom. The number of benzene rings is 1. The number of carboxylic acids is 1. The fourth-order valence-corrected chi connectivity index (χ4v) is 2.20. The quantitative estimate of drug-likeness (QED) is 0.640. The highest BCUT2D eigenvalue weighted by molar-refractivity contribution is 5.97. The number of rotatable bonds is 5. The molecule has 0 aliphatic carbocycles. The van der Waals surface area contributed by atoms with Crippen molar-refractivity contribution in [2.45, 2.75) is 46.1 Å². The van der Waals surface area contributed by atoms with E-state index in [1.807, 2.05) is 20.8 Å². The minimum absolute atomic E-state index is 0.0663. The molecule has 0 spiro atoms. The fourth-order valence-electron chi connectivity index (χ4n) is 2.20. The number of carbonyl (C=O) groups excluding carboxylic acids is 1. The number of nitro benzene ring substituents is 1. The van der Waals surface area contributed by atoms with Gasteiger partial charge in [0.15, 0.2) is 0 Å². The van der Waals surface area contributed by atoms with E-state index in [-0.39, 0.29) is 17.2 Å². The van der Waals surface area contributed by atoms with Gasteiger partial charge in [0, 0.05) is 17.2 Å². The minimum Gasteiger partial charge on any atom is -0.480 e. The molecule has 1 aromatic rings. The topological polar surface area (TPSA) is 110 Å². The lowest BCUT2D eigenvalue weighted by Crippen LogP contribution is -2.44. The molecule has 0 aliphatic rings. The van der Waals surface area contributed by atoms with Crippen LogP contribution in [0, 0.1) is 16.0 Å². The van der Waals surface area contributed by atoms with Crippen LogP contribution in [0.4, 0.5) is 5.69 Å². The summed E-state index contributed by atoms with van der Waals surface area (Å²) in [5, 5.41) is 22.8. The van der Waals surface area contributed by atoms with E-state index in [9.17, 15) is 19.7 Å². The first-order chi connectivity index (χ1) is 10.4. The third-order valence-electron chi connectivity index (χ3n) is 3.48. The molecular formula is C16H22N2O5. The second-order valence-electron chi connectivity index (χ2n) is 6.77. The van der Waals surface area contributed by atoms with E-state index in [2.05, 4.69) is 5.32 Å². The maximum atomic E-state index is 12.2. The van der Waals surface area contributed by atoms with Gasteiger partial charge in [-0.2, -0.15) is 0 Å². The lowest BCUT2D eigenvalue weighted by atomic mass is 9.85. The van der Waals surface area contributed by atoms with Gasteiger partial charge in [-0.25, -0.2) is 4.79 Å². The molecule has 23 heavy (non-hydrogen) atoms. The Morgan fingerprint density at radius 1 is 1.26 bits per heavy atom. The standard InChI is InChI=1S/C16H22N2O5/c1-9(2)13(15(20)21)17-14(19)10-6-7-11(16(3,4)5)12(8-10)18(22)23/h6-9,13H,1-5H3,(H,17,19)(H,20,21)/t13-/m0/s1. The van der Waals surface area contributed by atoms with Gasteiger partial charge in [0.25, 0.3) is 11.6 Å². The highest BCUT2D eigenvalue weighted by Gasteiger charge is 2.28. The van der Waals surface area contributed by atoms with Crippen molar-refractivity contribution in [2.75, 3.05) is 0 Å². The Bertz CT molecular complexity index is 632. The van der Waals surface area contributed by atoms with Crippen molar-refractivity contribution in [3.05, 3.63) is 39.4 Å². The first-order valence-corrected chi connectivity index (χ1v) is 7.27. The third-order valence-corrected chi connectivity index (χ3v) is 3.48. The average Bonchev–Trinajstić information content (AvgIpc) is 2.41. The SMILES string of the molecule is CC(C)[C@H](NC(=O)c1ccc(C(C)(C)C)c([N+](=O)[O-])c1)C(=O)O. The van der Waals surface area contributed by atoms with E-state index in [1.54, 1.807) is 13.8 Å². The smallest absolute Gasteiger partial charge is 0.326 e. The molecule has 126 valence electrons. The summed E-state index contributed by atoms with van der Waals surface area (Å²) >= 11 is 0. The van der Waals surface area contributed by atoms with E-state index in [0.29, 0.717) is 5.56 Å². The molecule has 0 aliphatic heterocycles. The second kappa shape index (κ2) is 6.76. The Morgan fingerprint density at radius 3 is 2.22 bits per heavy atom. The molecule has 0 heterocycles. The van der Waals surface area contributed by atoms with Crippen LogP contribution in [0.1, 0.15) is 50.5 Å². The van der Waals surface area contributed by atoms with Crippen LogP contribution in [-0.4, -0.2) is 27.9 Å². The van der Waals surface area contributed by atoms with Gasteiger partial charge in [-0.3, -0.25) is 14.9 Å². The first kappa shape index (κ1) is 18.6. The van der Waals surface area contributed by atoms with Crippen molar-refractivity contribution >= 4 is 17.6 Å². The number of amides is 1. The molecule has 0 saturated heterocycles. The van der Waals surface area contributed by atoms with Crippen LogP contribution in [0.25, 0.3) is 0 Å². The molecule has 1 aromatic carbocycles. The molecule has 0 aromatic heterocycles. The molecular weight excluding hydrogens is 300 g/mol. The zero-order valence-corrected chi connectivity index (χ0v) is 13.9. The fraction of sp³-hybridized carbons (Fsp3) is 0.500. The van der Waals surface area contributed by atoms with Crippen molar-refractivity contribution in [3.8, 4) is 0 Å². The predicted molar refractivity (Wildman–Crippen MR) is 85.5 cm³/mol. The molecule has 0 fully saturated rings. The van der Waals surface area contributed by atoms with Gasteiger partial charge in [-0.05, 0) is 17.4 Å². The zero-order chi connectivity index (χ0) is 17.9.